The summed E-state index contributed by atoms with van der Waals surface area (Å²) in [4.78, 5) is 4.42. The summed E-state index contributed by atoms with van der Waals surface area (Å²) in [6, 6.07) is 9.05. The fraction of sp³-hybridized carbons (Fsp3) is 0.417. The second-order valence-electron chi connectivity index (χ2n) is 4.02. The van der Waals surface area contributed by atoms with Crippen molar-refractivity contribution in [3.8, 4) is 0 Å². The van der Waals surface area contributed by atoms with Crippen LogP contribution in [0.5, 0.6) is 0 Å². The molecule has 0 bridgehead atoms. The van der Waals surface area contributed by atoms with Crippen molar-refractivity contribution in [1.29, 1.82) is 0 Å². The molecule has 1 fully saturated rings. The van der Waals surface area contributed by atoms with Gasteiger partial charge in [-0.2, -0.15) is 16.7 Å². The molecule has 0 radical (unpaired) electrons. The lowest BCUT2D eigenvalue weighted by atomic mass is 10.2. The number of aromatic nitrogens is 1. The average molecular weight is 234 g/mol. The molecule has 3 rings (SSSR count). The molecule has 1 aromatic carbocycles. The molecule has 4 heteroatoms. The van der Waals surface area contributed by atoms with Gasteiger partial charge in [-0.15, -0.1) is 0 Å². The first-order chi connectivity index (χ1) is 7.92. The van der Waals surface area contributed by atoms with E-state index in [2.05, 4.69) is 10.3 Å². The van der Waals surface area contributed by atoms with Crippen molar-refractivity contribution >= 4 is 28.9 Å². The number of hydrogen-bond acceptors (Lipinski definition) is 4. The zero-order valence-electron chi connectivity index (χ0n) is 8.98. The molecule has 0 amide bonds. The summed E-state index contributed by atoms with van der Waals surface area (Å²) < 4.78 is 5.64. The highest BCUT2D eigenvalue weighted by molar-refractivity contribution is 7.99. The summed E-state index contributed by atoms with van der Waals surface area (Å²) in [5, 5.41) is 3.38. The summed E-state index contributed by atoms with van der Waals surface area (Å²) in [6.45, 7) is 0. The normalized spacial score (nSPS) is 17.8. The summed E-state index contributed by atoms with van der Waals surface area (Å²) in [5.41, 5.74) is 1.78. The van der Waals surface area contributed by atoms with Gasteiger partial charge < -0.3 is 9.73 Å². The van der Waals surface area contributed by atoms with Gasteiger partial charge in [0.25, 0.3) is 6.01 Å². The highest BCUT2D eigenvalue weighted by atomic mass is 32.2. The minimum atomic E-state index is 0.523. The summed E-state index contributed by atoms with van der Waals surface area (Å²) in [7, 11) is 0. The number of fused-ring (bicyclic) bond motifs is 1. The Hall–Kier alpha value is -1.16. The van der Waals surface area contributed by atoms with E-state index in [0.717, 1.165) is 11.1 Å². The second kappa shape index (κ2) is 4.37. The lowest BCUT2D eigenvalue weighted by molar-refractivity contribution is 0.577. The molecule has 0 unspecified atom stereocenters. The molecule has 16 heavy (non-hydrogen) atoms. The van der Waals surface area contributed by atoms with Gasteiger partial charge in [-0.25, -0.2) is 0 Å². The fourth-order valence-electron chi connectivity index (χ4n) is 1.95. The van der Waals surface area contributed by atoms with E-state index < -0.39 is 0 Å². The maximum absolute atomic E-state index is 5.64. The third kappa shape index (κ3) is 2.02. The van der Waals surface area contributed by atoms with Crippen molar-refractivity contribution in [2.45, 2.75) is 18.9 Å². The zero-order chi connectivity index (χ0) is 10.8. The molecule has 1 aliphatic rings. The van der Waals surface area contributed by atoms with Gasteiger partial charge in [0, 0.05) is 6.04 Å². The van der Waals surface area contributed by atoms with Gasteiger partial charge in [0.1, 0.15) is 5.52 Å². The lowest BCUT2D eigenvalue weighted by Crippen LogP contribution is -2.24. The zero-order valence-corrected chi connectivity index (χ0v) is 9.80. The summed E-state index contributed by atoms with van der Waals surface area (Å²) in [6.07, 6.45) is 2.40. The molecule has 84 valence electrons. The molecule has 3 nitrogen and oxygen atoms in total. The molecule has 1 aromatic heterocycles. The van der Waals surface area contributed by atoms with Crippen LogP contribution in [0, 0.1) is 0 Å². The third-order valence-corrected chi connectivity index (χ3v) is 3.89. The van der Waals surface area contributed by atoms with Crippen molar-refractivity contribution < 1.29 is 4.42 Å². The highest BCUT2D eigenvalue weighted by Crippen LogP contribution is 2.23. The van der Waals surface area contributed by atoms with Gasteiger partial charge in [0.2, 0.25) is 0 Å². The average Bonchev–Trinajstić information content (AvgIpc) is 2.72. The van der Waals surface area contributed by atoms with Gasteiger partial charge in [0.05, 0.1) is 0 Å². The predicted molar refractivity (Wildman–Crippen MR) is 68.0 cm³/mol. The number of thioether (sulfide) groups is 1. The molecular formula is C12H14N2OS. The Morgan fingerprint density at radius 3 is 2.88 bits per heavy atom. The maximum atomic E-state index is 5.64. The second-order valence-corrected chi connectivity index (χ2v) is 5.24. The molecule has 1 saturated heterocycles. The molecule has 0 saturated carbocycles. The number of hydrogen-bond donors (Lipinski definition) is 1. The van der Waals surface area contributed by atoms with Gasteiger partial charge in [0.15, 0.2) is 5.58 Å². The van der Waals surface area contributed by atoms with Crippen molar-refractivity contribution in [2.24, 2.45) is 0 Å². The Kier molecular flexibility index (Phi) is 2.74. The third-order valence-electron chi connectivity index (χ3n) is 2.84. The topological polar surface area (TPSA) is 38.1 Å². The van der Waals surface area contributed by atoms with Crippen molar-refractivity contribution in [3.05, 3.63) is 24.3 Å². The number of anilines is 1. The Morgan fingerprint density at radius 2 is 2.06 bits per heavy atom. The first-order valence-electron chi connectivity index (χ1n) is 5.62. The van der Waals surface area contributed by atoms with Crippen molar-refractivity contribution in [3.63, 3.8) is 0 Å². The van der Waals surface area contributed by atoms with Crippen molar-refractivity contribution in [2.75, 3.05) is 16.8 Å². The molecule has 0 spiro atoms. The van der Waals surface area contributed by atoms with E-state index in [0.29, 0.717) is 12.1 Å². The van der Waals surface area contributed by atoms with Gasteiger partial charge in [-0.1, -0.05) is 12.1 Å². The van der Waals surface area contributed by atoms with Crippen LogP contribution in [0.15, 0.2) is 28.7 Å². The van der Waals surface area contributed by atoms with Gasteiger partial charge in [-0.05, 0) is 36.5 Å². The quantitative estimate of drug-likeness (QED) is 0.866. The Bertz CT molecular complexity index is 444. The first-order valence-corrected chi connectivity index (χ1v) is 6.77. The SMILES string of the molecule is c1ccc2oc(NC3CCSCC3)nc2c1. The molecule has 1 N–H and O–H groups in total. The molecule has 1 aliphatic heterocycles. The Balaban J connectivity index is 1.78. The smallest absolute Gasteiger partial charge is 0.295 e. The van der Waals surface area contributed by atoms with Gasteiger partial charge >= 0.3 is 0 Å². The molecule has 0 atom stereocenters. The Morgan fingerprint density at radius 1 is 1.25 bits per heavy atom. The summed E-state index contributed by atoms with van der Waals surface area (Å²) in [5.74, 6) is 2.47. The number of para-hydroxylation sites is 2. The number of oxazole rings is 1. The molecule has 2 aromatic rings. The standard InChI is InChI=1S/C12H14N2OS/c1-2-4-11-10(3-1)14-12(15-11)13-9-5-7-16-8-6-9/h1-4,9H,5-8H2,(H,13,14). The Labute approximate surface area is 98.6 Å². The van der Waals surface area contributed by atoms with Crippen LogP contribution in [0.3, 0.4) is 0 Å². The van der Waals surface area contributed by atoms with Crippen LogP contribution in [-0.4, -0.2) is 22.5 Å². The minimum Gasteiger partial charge on any atom is -0.424 e. The van der Waals surface area contributed by atoms with Crippen LogP contribution in [0.1, 0.15) is 12.8 Å². The molecule has 2 heterocycles. The van der Waals surface area contributed by atoms with E-state index in [1.165, 1.54) is 24.3 Å². The van der Waals surface area contributed by atoms with E-state index in [9.17, 15) is 0 Å². The monoisotopic (exact) mass is 234 g/mol. The fourth-order valence-corrected chi connectivity index (χ4v) is 3.06. The largest absolute Gasteiger partial charge is 0.424 e. The maximum Gasteiger partial charge on any atom is 0.295 e. The number of nitrogens with one attached hydrogen (secondary N) is 1. The molecule has 0 aliphatic carbocycles. The summed E-state index contributed by atoms with van der Waals surface area (Å²) >= 11 is 2.02. The number of benzene rings is 1. The van der Waals surface area contributed by atoms with E-state index in [1.54, 1.807) is 0 Å². The van der Waals surface area contributed by atoms with Crippen LogP contribution < -0.4 is 5.32 Å². The number of rotatable bonds is 2. The lowest BCUT2D eigenvalue weighted by Gasteiger charge is -2.21. The van der Waals surface area contributed by atoms with E-state index >= 15 is 0 Å². The van der Waals surface area contributed by atoms with Crippen LogP contribution in [0.4, 0.5) is 6.01 Å². The minimum absolute atomic E-state index is 0.523. The van der Waals surface area contributed by atoms with E-state index in [1.807, 2.05) is 36.0 Å². The van der Waals surface area contributed by atoms with Crippen molar-refractivity contribution in [1.82, 2.24) is 4.98 Å². The molecular weight excluding hydrogens is 220 g/mol. The number of nitrogens with zero attached hydrogens (tertiary/aromatic N) is 1. The van der Waals surface area contributed by atoms with Crippen LogP contribution in [-0.2, 0) is 0 Å². The van der Waals surface area contributed by atoms with Crippen LogP contribution in [0.2, 0.25) is 0 Å². The predicted octanol–water partition coefficient (Wildman–Crippen LogP) is 3.14. The highest BCUT2D eigenvalue weighted by Gasteiger charge is 2.15. The first kappa shape index (κ1) is 10.0. The van der Waals surface area contributed by atoms with Crippen LogP contribution >= 0.6 is 11.8 Å². The van der Waals surface area contributed by atoms with E-state index in [4.69, 9.17) is 4.42 Å². The van der Waals surface area contributed by atoms with E-state index in [-0.39, 0.29) is 0 Å². The van der Waals surface area contributed by atoms with Crippen LogP contribution in [0.25, 0.3) is 11.1 Å². The van der Waals surface area contributed by atoms with Gasteiger partial charge in [-0.3, -0.25) is 0 Å².